The number of benzene rings is 3. The minimum absolute atomic E-state index is 0.154. The first-order valence-corrected chi connectivity index (χ1v) is 12.4. The van der Waals surface area contributed by atoms with Gasteiger partial charge in [0.1, 0.15) is 5.75 Å². The molecule has 0 fully saturated rings. The Morgan fingerprint density at radius 2 is 1.09 bits per heavy atom. The van der Waals surface area contributed by atoms with E-state index in [2.05, 4.69) is 37.3 Å². The van der Waals surface area contributed by atoms with Gasteiger partial charge in [-0.3, -0.25) is 0 Å². The van der Waals surface area contributed by atoms with Gasteiger partial charge in [-0.1, -0.05) is 119 Å². The van der Waals surface area contributed by atoms with Crippen LogP contribution in [0.3, 0.4) is 0 Å². The van der Waals surface area contributed by atoms with Gasteiger partial charge in [0.05, 0.1) is 0 Å². The summed E-state index contributed by atoms with van der Waals surface area (Å²) in [5.74, 6) is 1.40. The van der Waals surface area contributed by atoms with E-state index in [9.17, 15) is 5.11 Å². The van der Waals surface area contributed by atoms with Crippen LogP contribution in [-0.4, -0.2) is 5.11 Å². The molecule has 0 radical (unpaired) electrons. The van der Waals surface area contributed by atoms with Gasteiger partial charge in [0.15, 0.2) is 11.5 Å². The summed E-state index contributed by atoms with van der Waals surface area (Å²) < 4.78 is 6.10. The number of aryl methyl sites for hydroxylation is 1. The molecule has 0 unspecified atom stereocenters. The van der Waals surface area contributed by atoms with E-state index in [4.69, 9.17) is 4.74 Å². The van der Waals surface area contributed by atoms with E-state index in [0.717, 1.165) is 17.7 Å². The summed E-state index contributed by atoms with van der Waals surface area (Å²) in [5.41, 5.74) is 3.65. The van der Waals surface area contributed by atoms with Gasteiger partial charge >= 0.3 is 0 Å². The lowest BCUT2D eigenvalue weighted by Crippen LogP contribution is -1.94. The Kier molecular flexibility index (Phi) is 10.2. The number of para-hydroxylation sites is 3. The molecule has 0 bridgehead atoms. The van der Waals surface area contributed by atoms with Crippen LogP contribution in [0.5, 0.6) is 17.2 Å². The molecule has 0 atom stereocenters. The predicted octanol–water partition coefficient (Wildman–Crippen LogP) is 9.31. The van der Waals surface area contributed by atoms with Crippen LogP contribution in [0, 0.1) is 0 Å². The smallest absolute Gasteiger partial charge is 0.169 e. The molecule has 3 aromatic rings. The molecule has 0 heterocycles. The minimum atomic E-state index is 0.154. The normalized spacial score (nSPS) is 10.9. The van der Waals surface area contributed by atoms with E-state index in [1.807, 2.05) is 24.3 Å². The molecule has 0 amide bonds. The minimum Gasteiger partial charge on any atom is -0.504 e. The Morgan fingerprint density at radius 3 is 1.78 bits per heavy atom. The molecule has 1 N–H and O–H groups in total. The van der Waals surface area contributed by atoms with Gasteiger partial charge in [0.2, 0.25) is 0 Å². The Hall–Kier alpha value is -2.74. The van der Waals surface area contributed by atoms with E-state index >= 15 is 0 Å². The van der Waals surface area contributed by atoms with Crippen molar-refractivity contribution in [3.8, 4) is 28.4 Å². The number of aromatic hydroxyl groups is 1. The van der Waals surface area contributed by atoms with Gasteiger partial charge in [-0.05, 0) is 42.2 Å². The number of rotatable bonds is 14. The third-order valence-electron chi connectivity index (χ3n) is 6.08. The van der Waals surface area contributed by atoms with Crippen molar-refractivity contribution in [3.63, 3.8) is 0 Å². The van der Waals surface area contributed by atoms with Gasteiger partial charge in [-0.15, -0.1) is 0 Å². The molecular weight excluding hydrogens is 392 g/mol. The summed E-state index contributed by atoms with van der Waals surface area (Å²) in [4.78, 5) is 0. The summed E-state index contributed by atoms with van der Waals surface area (Å²) in [5, 5.41) is 10.1. The van der Waals surface area contributed by atoms with Crippen molar-refractivity contribution >= 4 is 0 Å². The highest BCUT2D eigenvalue weighted by Crippen LogP contribution is 2.38. The second kappa shape index (κ2) is 13.6. The first kappa shape index (κ1) is 23.9. The molecule has 170 valence electrons. The topological polar surface area (TPSA) is 29.5 Å². The standard InChI is InChI=1S/C30H38O2/c1-2-3-4-5-6-7-8-9-10-11-18-25-19-12-13-20-26(25)27-21-14-16-23-29(27)32-30-24-17-15-22-28(30)31/h12-17,19-24,31H,2-11,18H2,1H3. The number of phenols is 1. The van der Waals surface area contributed by atoms with E-state index in [1.54, 1.807) is 18.2 Å². The fourth-order valence-electron chi connectivity index (χ4n) is 4.24. The lowest BCUT2D eigenvalue weighted by Gasteiger charge is -2.15. The third kappa shape index (κ3) is 7.44. The molecule has 0 aromatic heterocycles. The zero-order valence-electron chi connectivity index (χ0n) is 19.6. The molecule has 0 spiro atoms. The van der Waals surface area contributed by atoms with Crippen LogP contribution in [0.2, 0.25) is 0 Å². The van der Waals surface area contributed by atoms with Crippen molar-refractivity contribution in [2.24, 2.45) is 0 Å². The van der Waals surface area contributed by atoms with E-state index in [0.29, 0.717) is 5.75 Å². The van der Waals surface area contributed by atoms with Gasteiger partial charge in [-0.2, -0.15) is 0 Å². The van der Waals surface area contributed by atoms with Crippen LogP contribution in [-0.2, 0) is 6.42 Å². The highest BCUT2D eigenvalue weighted by Gasteiger charge is 2.12. The SMILES string of the molecule is CCCCCCCCCCCCc1ccccc1-c1ccccc1Oc1ccccc1O. The Bertz CT molecular complexity index is 931. The second-order valence-corrected chi connectivity index (χ2v) is 8.66. The highest BCUT2D eigenvalue weighted by atomic mass is 16.5. The third-order valence-corrected chi connectivity index (χ3v) is 6.08. The largest absolute Gasteiger partial charge is 0.504 e. The van der Waals surface area contributed by atoms with Crippen molar-refractivity contribution in [2.75, 3.05) is 0 Å². The van der Waals surface area contributed by atoms with Crippen LogP contribution < -0.4 is 4.74 Å². The molecule has 0 saturated carbocycles. The molecule has 2 nitrogen and oxygen atoms in total. The van der Waals surface area contributed by atoms with E-state index in [-0.39, 0.29) is 5.75 Å². The molecule has 32 heavy (non-hydrogen) atoms. The molecule has 0 saturated heterocycles. The summed E-state index contributed by atoms with van der Waals surface area (Å²) >= 11 is 0. The van der Waals surface area contributed by atoms with Crippen LogP contribution in [0.1, 0.15) is 76.7 Å². The van der Waals surface area contributed by atoms with Crippen LogP contribution in [0.4, 0.5) is 0 Å². The van der Waals surface area contributed by atoms with Gasteiger partial charge in [0, 0.05) is 5.56 Å². The second-order valence-electron chi connectivity index (χ2n) is 8.66. The lowest BCUT2D eigenvalue weighted by atomic mass is 9.95. The Morgan fingerprint density at radius 1 is 0.562 bits per heavy atom. The van der Waals surface area contributed by atoms with Crippen molar-refractivity contribution in [2.45, 2.75) is 77.6 Å². The van der Waals surface area contributed by atoms with Crippen molar-refractivity contribution in [3.05, 3.63) is 78.4 Å². The summed E-state index contributed by atoms with van der Waals surface area (Å²) in [7, 11) is 0. The quantitative estimate of drug-likeness (QED) is 0.258. The monoisotopic (exact) mass is 430 g/mol. The Labute approximate surface area is 194 Å². The average molecular weight is 431 g/mol. The van der Waals surface area contributed by atoms with Crippen molar-refractivity contribution < 1.29 is 9.84 Å². The van der Waals surface area contributed by atoms with Gasteiger partial charge < -0.3 is 9.84 Å². The lowest BCUT2D eigenvalue weighted by molar-refractivity contribution is 0.412. The summed E-state index contributed by atoms with van der Waals surface area (Å²) in [6.07, 6.45) is 14.6. The predicted molar refractivity (Wildman–Crippen MR) is 136 cm³/mol. The highest BCUT2D eigenvalue weighted by molar-refractivity contribution is 5.74. The molecule has 0 aliphatic carbocycles. The Balaban J connectivity index is 1.56. The molecule has 0 aliphatic rings. The zero-order valence-corrected chi connectivity index (χ0v) is 19.6. The number of ether oxygens (including phenoxy) is 1. The molecule has 2 heteroatoms. The van der Waals surface area contributed by atoms with Gasteiger partial charge in [0.25, 0.3) is 0 Å². The fourth-order valence-corrected chi connectivity index (χ4v) is 4.24. The van der Waals surface area contributed by atoms with E-state index < -0.39 is 0 Å². The number of phenolic OH excluding ortho intramolecular Hbond substituents is 1. The van der Waals surface area contributed by atoms with Gasteiger partial charge in [-0.25, -0.2) is 0 Å². The first-order chi connectivity index (χ1) is 15.8. The fraction of sp³-hybridized carbons (Fsp3) is 0.400. The maximum absolute atomic E-state index is 10.1. The summed E-state index contributed by atoms with van der Waals surface area (Å²) in [6, 6.07) is 23.8. The molecular formula is C30H38O2. The molecule has 0 aliphatic heterocycles. The molecule has 3 aromatic carbocycles. The van der Waals surface area contributed by atoms with Crippen LogP contribution >= 0.6 is 0 Å². The van der Waals surface area contributed by atoms with Crippen LogP contribution in [0.15, 0.2) is 72.8 Å². The van der Waals surface area contributed by atoms with Crippen LogP contribution in [0.25, 0.3) is 11.1 Å². The number of hydrogen-bond donors (Lipinski definition) is 1. The maximum atomic E-state index is 10.1. The molecule has 3 rings (SSSR count). The number of unbranched alkanes of at least 4 members (excludes halogenated alkanes) is 9. The average Bonchev–Trinajstić information content (AvgIpc) is 2.82. The zero-order chi connectivity index (χ0) is 22.4. The summed E-state index contributed by atoms with van der Waals surface area (Å²) in [6.45, 7) is 2.28. The van der Waals surface area contributed by atoms with E-state index in [1.165, 1.54) is 75.3 Å². The maximum Gasteiger partial charge on any atom is 0.169 e. The first-order valence-electron chi connectivity index (χ1n) is 12.4. The number of hydrogen-bond acceptors (Lipinski definition) is 2. The van der Waals surface area contributed by atoms with Crippen molar-refractivity contribution in [1.82, 2.24) is 0 Å². The van der Waals surface area contributed by atoms with Crippen molar-refractivity contribution in [1.29, 1.82) is 0 Å².